The van der Waals surface area contributed by atoms with Crippen LogP contribution in [0.15, 0.2) is 42.7 Å². The fourth-order valence-electron chi connectivity index (χ4n) is 3.03. The molecule has 3 N–H and O–H groups in total. The quantitative estimate of drug-likeness (QED) is 0.457. The van der Waals surface area contributed by atoms with Crippen molar-refractivity contribution in [1.29, 1.82) is 5.26 Å². The smallest absolute Gasteiger partial charge is 0.141 e. The second kappa shape index (κ2) is 7.93. The van der Waals surface area contributed by atoms with Gasteiger partial charge in [-0.05, 0) is 30.3 Å². The van der Waals surface area contributed by atoms with Gasteiger partial charge in [0.1, 0.15) is 24.3 Å². The van der Waals surface area contributed by atoms with Gasteiger partial charge in [0, 0.05) is 28.5 Å². The van der Waals surface area contributed by atoms with Crippen molar-refractivity contribution < 1.29 is 8.78 Å². The van der Waals surface area contributed by atoms with Gasteiger partial charge in [0.05, 0.1) is 34.5 Å². The van der Waals surface area contributed by atoms with Crippen molar-refractivity contribution in [2.24, 2.45) is 0 Å². The number of halogens is 3. The number of aryl methyl sites for hydroxylation is 1. The lowest BCUT2D eigenvalue weighted by Crippen LogP contribution is -1.99. The van der Waals surface area contributed by atoms with Crippen molar-refractivity contribution in [3.05, 3.63) is 59.1 Å². The zero-order chi connectivity index (χ0) is 21.3. The molecule has 10 heteroatoms. The van der Waals surface area contributed by atoms with Gasteiger partial charge in [-0.25, -0.2) is 13.5 Å². The maximum absolute atomic E-state index is 13.5. The molecular formula is C20H14ClF2N7. The summed E-state index contributed by atoms with van der Waals surface area (Å²) in [5, 5.41) is 21.1. The van der Waals surface area contributed by atoms with Gasteiger partial charge in [-0.3, -0.25) is 4.98 Å². The van der Waals surface area contributed by atoms with Crippen LogP contribution in [0.2, 0.25) is 5.02 Å². The van der Waals surface area contributed by atoms with E-state index in [-0.39, 0.29) is 17.1 Å². The highest BCUT2D eigenvalue weighted by molar-refractivity contribution is 6.31. The number of anilines is 3. The van der Waals surface area contributed by atoms with E-state index in [4.69, 9.17) is 17.3 Å². The van der Waals surface area contributed by atoms with Crippen molar-refractivity contribution in [2.75, 3.05) is 17.7 Å². The fraction of sp³-hybridized carbons (Fsp3) is 0.100. The number of aromatic nitrogens is 4. The van der Waals surface area contributed by atoms with Crippen molar-refractivity contribution in [3.63, 3.8) is 0 Å². The molecule has 0 bridgehead atoms. The van der Waals surface area contributed by atoms with Crippen LogP contribution in [-0.2, 0) is 6.54 Å². The Balaban J connectivity index is 1.82. The zero-order valence-corrected chi connectivity index (χ0v) is 16.2. The van der Waals surface area contributed by atoms with Gasteiger partial charge in [0.25, 0.3) is 0 Å². The van der Waals surface area contributed by atoms with Crippen LogP contribution in [0.5, 0.6) is 0 Å². The van der Waals surface area contributed by atoms with E-state index in [1.54, 1.807) is 18.3 Å². The van der Waals surface area contributed by atoms with E-state index in [1.165, 1.54) is 29.1 Å². The highest BCUT2D eigenvalue weighted by Gasteiger charge is 2.15. The molecule has 7 nitrogen and oxygen atoms in total. The van der Waals surface area contributed by atoms with Crippen LogP contribution in [0.25, 0.3) is 22.2 Å². The van der Waals surface area contributed by atoms with Crippen LogP contribution in [0.3, 0.4) is 0 Å². The second-order valence-corrected chi connectivity index (χ2v) is 6.83. The first-order chi connectivity index (χ1) is 14.5. The average Bonchev–Trinajstić information content (AvgIpc) is 3.19. The number of hydrogen-bond acceptors (Lipinski definition) is 6. The molecule has 0 unspecified atom stereocenters. The summed E-state index contributed by atoms with van der Waals surface area (Å²) >= 11 is 5.86. The van der Waals surface area contributed by atoms with Crippen LogP contribution >= 0.6 is 11.6 Å². The van der Waals surface area contributed by atoms with Crippen LogP contribution in [0, 0.1) is 17.1 Å². The zero-order valence-electron chi connectivity index (χ0n) is 15.4. The molecule has 4 aromatic rings. The Bertz CT molecular complexity index is 1300. The number of benzene rings is 2. The number of pyridine rings is 1. The number of nitrogens with one attached hydrogen (secondary N) is 1. The number of nitriles is 1. The summed E-state index contributed by atoms with van der Waals surface area (Å²) < 4.78 is 27.4. The molecule has 2 aromatic carbocycles. The number of hydrogen-bond donors (Lipinski definition) is 2. The molecular weight excluding hydrogens is 412 g/mol. The molecule has 0 saturated heterocycles. The SMILES string of the molecule is N#Cc1cnc2cc(-c3cn(CCF)nn3)c(N)cc2c1Nc1ccc(F)c(Cl)c1. The van der Waals surface area contributed by atoms with Crippen molar-refractivity contribution in [2.45, 2.75) is 6.54 Å². The first-order valence-electron chi connectivity index (χ1n) is 8.81. The molecule has 0 amide bonds. The Kier molecular flexibility index (Phi) is 5.16. The minimum Gasteiger partial charge on any atom is -0.398 e. The van der Waals surface area contributed by atoms with Crippen molar-refractivity contribution >= 4 is 39.6 Å². The molecule has 0 aliphatic carbocycles. The molecule has 0 aliphatic heterocycles. The third kappa shape index (κ3) is 3.60. The van der Waals surface area contributed by atoms with E-state index < -0.39 is 12.5 Å². The van der Waals surface area contributed by atoms with E-state index in [0.717, 1.165) is 0 Å². The maximum atomic E-state index is 13.5. The third-order valence-corrected chi connectivity index (χ3v) is 4.77. The Morgan fingerprint density at radius 3 is 2.83 bits per heavy atom. The third-order valence-electron chi connectivity index (χ3n) is 4.48. The monoisotopic (exact) mass is 425 g/mol. The van der Waals surface area contributed by atoms with Gasteiger partial charge < -0.3 is 11.1 Å². The minimum atomic E-state index is -0.559. The molecule has 0 saturated carbocycles. The summed E-state index contributed by atoms with van der Waals surface area (Å²) in [6.07, 6.45) is 3.02. The number of alkyl halides is 1. The fourth-order valence-corrected chi connectivity index (χ4v) is 3.21. The van der Waals surface area contributed by atoms with Crippen molar-refractivity contribution in [1.82, 2.24) is 20.0 Å². The molecule has 0 radical (unpaired) electrons. The molecule has 0 atom stereocenters. The van der Waals surface area contributed by atoms with Gasteiger partial charge in [-0.1, -0.05) is 16.8 Å². The van der Waals surface area contributed by atoms with Gasteiger partial charge in [0.2, 0.25) is 0 Å². The Labute approximate surface area is 174 Å². The van der Waals surface area contributed by atoms with Crippen molar-refractivity contribution in [3.8, 4) is 17.3 Å². The van der Waals surface area contributed by atoms with E-state index in [1.807, 2.05) is 0 Å². The molecule has 30 heavy (non-hydrogen) atoms. The summed E-state index contributed by atoms with van der Waals surface area (Å²) in [5.74, 6) is -0.544. The molecule has 0 spiro atoms. The number of fused-ring (bicyclic) bond motifs is 1. The van der Waals surface area contributed by atoms with E-state index >= 15 is 0 Å². The van der Waals surface area contributed by atoms with Gasteiger partial charge >= 0.3 is 0 Å². The Morgan fingerprint density at radius 2 is 2.10 bits per heavy atom. The van der Waals surface area contributed by atoms with Gasteiger partial charge in [-0.2, -0.15) is 5.26 Å². The number of nitrogens with two attached hydrogens (primary N) is 1. The standard InChI is InChI=1S/C20H14ClF2N7/c21-15-5-12(1-2-16(15)23)27-20-11(8-24)9-26-18-7-13(17(25)6-14(18)20)19-10-30(4-3-22)29-28-19/h1-2,5-7,9-10H,3-4,25H2,(H,26,27). The second-order valence-electron chi connectivity index (χ2n) is 6.43. The summed E-state index contributed by atoms with van der Waals surface area (Å²) in [7, 11) is 0. The lowest BCUT2D eigenvalue weighted by molar-refractivity contribution is 0.422. The summed E-state index contributed by atoms with van der Waals surface area (Å²) in [6, 6.07) is 9.63. The van der Waals surface area contributed by atoms with E-state index in [0.29, 0.717) is 39.2 Å². The minimum absolute atomic E-state index is 0.0463. The summed E-state index contributed by atoms with van der Waals surface area (Å²) in [5.41, 5.74) is 9.48. The molecule has 150 valence electrons. The molecule has 4 rings (SSSR count). The predicted molar refractivity (Wildman–Crippen MR) is 111 cm³/mol. The molecule has 2 aromatic heterocycles. The van der Waals surface area contributed by atoms with Gasteiger partial charge in [0.15, 0.2) is 0 Å². The average molecular weight is 426 g/mol. The van der Waals surface area contributed by atoms with Gasteiger partial charge in [-0.15, -0.1) is 5.10 Å². The molecule has 0 aliphatic rings. The molecule has 2 heterocycles. The predicted octanol–water partition coefficient (Wildman–Crippen LogP) is 4.45. The topological polar surface area (TPSA) is 105 Å². The highest BCUT2D eigenvalue weighted by Crippen LogP contribution is 2.35. The number of rotatable bonds is 5. The highest BCUT2D eigenvalue weighted by atomic mass is 35.5. The largest absolute Gasteiger partial charge is 0.398 e. The number of nitrogens with zero attached hydrogens (tertiary/aromatic N) is 5. The first-order valence-corrected chi connectivity index (χ1v) is 9.19. The maximum Gasteiger partial charge on any atom is 0.141 e. The van der Waals surface area contributed by atoms with Crippen LogP contribution in [0.1, 0.15) is 5.56 Å². The molecule has 0 fully saturated rings. The number of nitrogen functional groups attached to an aromatic ring is 1. The first kappa shape index (κ1) is 19.5. The van der Waals surface area contributed by atoms with E-state index in [9.17, 15) is 14.0 Å². The van der Waals surface area contributed by atoms with Crippen LogP contribution in [-0.4, -0.2) is 26.7 Å². The lowest BCUT2D eigenvalue weighted by atomic mass is 10.0. The van der Waals surface area contributed by atoms with Crippen LogP contribution < -0.4 is 11.1 Å². The Morgan fingerprint density at radius 1 is 1.27 bits per heavy atom. The summed E-state index contributed by atoms with van der Waals surface area (Å²) in [6.45, 7) is -0.463. The Hall–Kier alpha value is -3.77. The van der Waals surface area contributed by atoms with E-state index in [2.05, 4.69) is 26.7 Å². The van der Waals surface area contributed by atoms with Crippen LogP contribution in [0.4, 0.5) is 25.8 Å². The summed E-state index contributed by atoms with van der Waals surface area (Å²) in [4.78, 5) is 4.34. The normalized spacial score (nSPS) is 10.9. The lowest BCUT2D eigenvalue weighted by Gasteiger charge is -2.13.